The van der Waals surface area contributed by atoms with Crippen molar-refractivity contribution in [3.05, 3.63) is 0 Å². The second-order valence-corrected chi connectivity index (χ2v) is 4.13. The van der Waals surface area contributed by atoms with Gasteiger partial charge >= 0.3 is 5.92 Å². The average Bonchev–Trinajstić information content (AvgIpc) is 2.36. The van der Waals surface area contributed by atoms with Gasteiger partial charge in [-0.1, -0.05) is 20.8 Å². The maximum Gasteiger partial charge on any atom is 0.313 e. The van der Waals surface area contributed by atoms with Gasteiger partial charge in [0.15, 0.2) is 0 Å². The molecule has 102 valence electrons. The zero-order chi connectivity index (χ0) is 12.9. The first-order chi connectivity index (χ1) is 8.10. The molecule has 0 bridgehead atoms. The third kappa shape index (κ3) is 2.95. The van der Waals surface area contributed by atoms with E-state index in [0.717, 1.165) is 0 Å². The smallest absolute Gasteiger partial charge is 0.313 e. The third-order valence-corrected chi connectivity index (χ3v) is 3.14. The van der Waals surface area contributed by atoms with E-state index in [9.17, 15) is 8.78 Å². The number of ether oxygens (including phenoxy) is 2. The Kier molecular flexibility index (Phi) is 5.28. The number of piperidine rings is 1. The maximum atomic E-state index is 13.9. The molecule has 0 atom stereocenters. The number of halogens is 2. The topological polar surface area (TPSA) is 21.7 Å². The van der Waals surface area contributed by atoms with Gasteiger partial charge in [-0.05, 0) is 13.0 Å². The maximum absolute atomic E-state index is 13.9. The molecule has 0 amide bonds. The van der Waals surface area contributed by atoms with E-state index >= 15 is 0 Å². The summed E-state index contributed by atoms with van der Waals surface area (Å²) in [5.41, 5.74) is 0. The van der Waals surface area contributed by atoms with Crippen LogP contribution in [-0.4, -0.2) is 49.5 Å². The third-order valence-electron chi connectivity index (χ3n) is 3.14. The van der Waals surface area contributed by atoms with Crippen LogP contribution in [0.5, 0.6) is 0 Å². The van der Waals surface area contributed by atoms with E-state index in [1.54, 1.807) is 4.90 Å². The molecule has 0 aromatic heterocycles. The fourth-order valence-electron chi connectivity index (χ4n) is 2.17. The predicted octanol–water partition coefficient (Wildman–Crippen LogP) is 2.51. The van der Waals surface area contributed by atoms with Crippen LogP contribution in [0.2, 0.25) is 0 Å². The Morgan fingerprint density at radius 1 is 1.18 bits per heavy atom. The molecule has 2 fully saturated rings. The highest BCUT2D eigenvalue weighted by Crippen LogP contribution is 2.41. The molecule has 2 aliphatic rings. The van der Waals surface area contributed by atoms with Gasteiger partial charge in [-0.3, -0.25) is 4.90 Å². The molecule has 2 aliphatic heterocycles. The van der Waals surface area contributed by atoms with Crippen molar-refractivity contribution in [2.75, 3.05) is 32.8 Å². The lowest BCUT2D eigenvalue weighted by atomic mass is 9.98. The van der Waals surface area contributed by atoms with E-state index in [1.807, 2.05) is 20.8 Å². The minimum Gasteiger partial charge on any atom is -0.345 e. The van der Waals surface area contributed by atoms with Crippen molar-refractivity contribution in [3.63, 3.8) is 0 Å². The molecule has 1 spiro atoms. The van der Waals surface area contributed by atoms with Crippen molar-refractivity contribution < 1.29 is 18.3 Å². The van der Waals surface area contributed by atoms with E-state index in [1.165, 1.54) is 0 Å². The first-order valence-corrected chi connectivity index (χ1v) is 6.48. The van der Waals surface area contributed by atoms with Crippen LogP contribution in [0.1, 0.15) is 33.6 Å². The van der Waals surface area contributed by atoms with Crippen LogP contribution < -0.4 is 0 Å². The van der Waals surface area contributed by atoms with Crippen LogP contribution in [-0.2, 0) is 9.47 Å². The average molecular weight is 251 g/mol. The summed E-state index contributed by atoms with van der Waals surface area (Å²) in [6, 6.07) is 0. The van der Waals surface area contributed by atoms with Crippen molar-refractivity contribution in [2.45, 2.75) is 45.3 Å². The molecular weight excluding hydrogens is 228 g/mol. The highest BCUT2D eigenvalue weighted by Gasteiger charge is 2.60. The summed E-state index contributed by atoms with van der Waals surface area (Å²) in [6.07, 6.45) is 0.961. The van der Waals surface area contributed by atoms with Crippen molar-refractivity contribution in [2.24, 2.45) is 0 Å². The molecular formula is C12H23F2NO2. The van der Waals surface area contributed by atoms with Crippen LogP contribution in [0.4, 0.5) is 8.78 Å². The molecule has 2 heterocycles. The summed E-state index contributed by atoms with van der Waals surface area (Å²) in [5, 5.41) is 0. The van der Waals surface area contributed by atoms with Gasteiger partial charge in [0.25, 0.3) is 0 Å². The number of hydrogen-bond acceptors (Lipinski definition) is 3. The molecule has 0 aliphatic carbocycles. The molecule has 2 rings (SSSR count). The molecule has 0 N–H and O–H groups in total. The second kappa shape index (κ2) is 6.07. The number of likely N-dealkylation sites (tertiary alicyclic amines) is 1. The lowest BCUT2D eigenvalue weighted by Gasteiger charge is -2.47. The lowest BCUT2D eigenvalue weighted by molar-refractivity contribution is -0.373. The fraction of sp³-hybridized carbons (Fsp3) is 1.00. The standard InChI is InChI=1S/C10H17F2NO2.C2H6/c1-2-13-5-4-10(9(11,12)8-13)14-6-3-7-15-10;1-2/h2-8H2,1H3;1-2H3. The Balaban J connectivity index is 0.000000686. The van der Waals surface area contributed by atoms with Gasteiger partial charge in [0, 0.05) is 13.0 Å². The van der Waals surface area contributed by atoms with Crippen LogP contribution in [0, 0.1) is 0 Å². The molecule has 17 heavy (non-hydrogen) atoms. The molecule has 0 unspecified atom stereocenters. The van der Waals surface area contributed by atoms with Crippen LogP contribution in [0.3, 0.4) is 0 Å². The second-order valence-electron chi connectivity index (χ2n) is 4.13. The van der Waals surface area contributed by atoms with Crippen molar-refractivity contribution in [1.82, 2.24) is 4.90 Å². The van der Waals surface area contributed by atoms with E-state index in [4.69, 9.17) is 9.47 Å². The number of hydrogen-bond donors (Lipinski definition) is 0. The Morgan fingerprint density at radius 3 is 2.24 bits per heavy atom. The Hall–Kier alpha value is -0.260. The van der Waals surface area contributed by atoms with E-state index in [-0.39, 0.29) is 13.0 Å². The molecule has 3 nitrogen and oxygen atoms in total. The summed E-state index contributed by atoms with van der Waals surface area (Å²) in [5.74, 6) is -4.54. The fourth-order valence-corrected chi connectivity index (χ4v) is 2.17. The van der Waals surface area contributed by atoms with Gasteiger partial charge in [-0.25, -0.2) is 0 Å². The minimum atomic E-state index is -2.90. The summed E-state index contributed by atoms with van der Waals surface area (Å²) < 4.78 is 38.2. The number of nitrogens with zero attached hydrogens (tertiary/aromatic N) is 1. The van der Waals surface area contributed by atoms with E-state index in [2.05, 4.69) is 0 Å². The van der Waals surface area contributed by atoms with Crippen LogP contribution >= 0.6 is 0 Å². The SMILES string of the molecule is CC.CCN1CCC2(OCCCO2)C(F)(F)C1. The Morgan fingerprint density at radius 2 is 1.76 bits per heavy atom. The van der Waals surface area contributed by atoms with Crippen molar-refractivity contribution >= 4 is 0 Å². The van der Waals surface area contributed by atoms with Gasteiger partial charge in [-0.15, -0.1) is 0 Å². The molecule has 5 heteroatoms. The van der Waals surface area contributed by atoms with Gasteiger partial charge in [0.05, 0.1) is 19.8 Å². The zero-order valence-corrected chi connectivity index (χ0v) is 11.0. The summed E-state index contributed by atoms with van der Waals surface area (Å²) in [7, 11) is 0. The minimum absolute atomic E-state index is 0.258. The highest BCUT2D eigenvalue weighted by molar-refractivity contribution is 4.95. The van der Waals surface area contributed by atoms with Gasteiger partial charge in [0.1, 0.15) is 0 Å². The van der Waals surface area contributed by atoms with Gasteiger partial charge < -0.3 is 9.47 Å². The normalized spacial score (nSPS) is 27.4. The Labute approximate surface area is 102 Å². The Bertz CT molecular complexity index is 231. The predicted molar refractivity (Wildman–Crippen MR) is 62.3 cm³/mol. The summed E-state index contributed by atoms with van der Waals surface area (Å²) in [4.78, 5) is 1.73. The van der Waals surface area contributed by atoms with Crippen LogP contribution in [0.25, 0.3) is 0 Å². The number of rotatable bonds is 1. The zero-order valence-electron chi connectivity index (χ0n) is 11.0. The monoisotopic (exact) mass is 251 g/mol. The first kappa shape index (κ1) is 14.8. The molecule has 0 aromatic carbocycles. The lowest BCUT2D eigenvalue weighted by Crippen LogP contribution is -2.64. The summed E-state index contributed by atoms with van der Waals surface area (Å²) in [6.45, 7) is 7.64. The van der Waals surface area contributed by atoms with Crippen molar-refractivity contribution in [3.8, 4) is 0 Å². The van der Waals surface area contributed by atoms with E-state index < -0.39 is 11.7 Å². The largest absolute Gasteiger partial charge is 0.345 e. The molecule has 0 saturated carbocycles. The van der Waals surface area contributed by atoms with Crippen LogP contribution in [0.15, 0.2) is 0 Å². The summed E-state index contributed by atoms with van der Waals surface area (Å²) >= 11 is 0. The van der Waals surface area contributed by atoms with E-state index in [0.29, 0.717) is 32.7 Å². The first-order valence-electron chi connectivity index (χ1n) is 6.48. The van der Waals surface area contributed by atoms with Gasteiger partial charge in [0.2, 0.25) is 5.79 Å². The highest BCUT2D eigenvalue weighted by atomic mass is 19.3. The molecule has 0 aromatic rings. The van der Waals surface area contributed by atoms with Crippen molar-refractivity contribution in [1.29, 1.82) is 0 Å². The quantitative estimate of drug-likeness (QED) is 0.714. The molecule has 0 radical (unpaired) electrons. The molecule has 2 saturated heterocycles. The number of alkyl halides is 2. The van der Waals surface area contributed by atoms with Gasteiger partial charge in [-0.2, -0.15) is 8.78 Å².